The fraction of sp³-hybridized carbons (Fsp3) is 0.462. The maximum Gasteiger partial charge on any atom is 0.253 e. The quantitative estimate of drug-likeness (QED) is 0.919. The first-order valence-electron chi connectivity index (χ1n) is 6.14. The number of rotatable bonds is 4. The average molecular weight is 289 g/mol. The second-order valence-electron chi connectivity index (χ2n) is 4.28. The lowest BCUT2D eigenvalue weighted by atomic mass is 10.2. The largest absolute Gasteiger partial charge is 0.489 e. The highest BCUT2D eigenvalue weighted by molar-refractivity contribution is 5.94. The fourth-order valence-electron chi connectivity index (χ4n) is 2.02. The topological polar surface area (TPSA) is 55.6 Å². The van der Waals surface area contributed by atoms with Gasteiger partial charge in [-0.2, -0.15) is 0 Å². The van der Waals surface area contributed by atoms with Gasteiger partial charge in [-0.1, -0.05) is 0 Å². The van der Waals surface area contributed by atoms with Gasteiger partial charge < -0.3 is 15.4 Å². The van der Waals surface area contributed by atoms with Crippen LogP contribution in [0.25, 0.3) is 0 Å². The Morgan fingerprint density at radius 2 is 2.05 bits per heavy atom. The third kappa shape index (κ3) is 3.81. The van der Waals surface area contributed by atoms with Crippen molar-refractivity contribution in [1.82, 2.24) is 4.90 Å². The van der Waals surface area contributed by atoms with Crippen LogP contribution in [0.2, 0.25) is 0 Å². The van der Waals surface area contributed by atoms with Crippen LogP contribution < -0.4 is 10.5 Å². The summed E-state index contributed by atoms with van der Waals surface area (Å²) in [7, 11) is 0. The van der Waals surface area contributed by atoms with E-state index >= 15 is 0 Å². The molecule has 1 aliphatic rings. The normalized spacial score (nSPS) is 14.1. The molecule has 1 amide bonds. The predicted molar refractivity (Wildman–Crippen MR) is 73.3 cm³/mol. The maximum atomic E-state index is 13.7. The minimum atomic E-state index is -0.520. The summed E-state index contributed by atoms with van der Waals surface area (Å²) in [6, 6.07) is 4.30. The highest BCUT2D eigenvalue weighted by atomic mass is 35.5. The first kappa shape index (κ1) is 15.7. The van der Waals surface area contributed by atoms with E-state index in [1.165, 1.54) is 12.1 Å². The van der Waals surface area contributed by atoms with E-state index in [4.69, 9.17) is 10.5 Å². The summed E-state index contributed by atoms with van der Waals surface area (Å²) >= 11 is 0. The van der Waals surface area contributed by atoms with Crippen LogP contribution in [-0.2, 0) is 0 Å². The van der Waals surface area contributed by atoms with Crippen molar-refractivity contribution in [3.63, 3.8) is 0 Å². The highest BCUT2D eigenvalue weighted by Crippen LogP contribution is 2.20. The molecule has 0 saturated carbocycles. The number of hydrogen-bond acceptors (Lipinski definition) is 3. The SMILES string of the molecule is Cl.NCCOc1ccc(C(=O)N2CCCC2)cc1F. The summed E-state index contributed by atoms with van der Waals surface area (Å²) in [5, 5.41) is 0. The Bertz CT molecular complexity index is 437. The summed E-state index contributed by atoms with van der Waals surface area (Å²) in [4.78, 5) is 13.8. The zero-order chi connectivity index (χ0) is 13.0. The number of likely N-dealkylation sites (tertiary alicyclic amines) is 1. The second-order valence-corrected chi connectivity index (χ2v) is 4.28. The van der Waals surface area contributed by atoms with Crippen LogP contribution in [0.1, 0.15) is 23.2 Å². The third-order valence-electron chi connectivity index (χ3n) is 2.95. The Morgan fingerprint density at radius 3 is 2.63 bits per heavy atom. The van der Waals surface area contributed by atoms with Crippen LogP contribution >= 0.6 is 12.4 Å². The first-order chi connectivity index (χ1) is 8.72. The molecule has 19 heavy (non-hydrogen) atoms. The van der Waals surface area contributed by atoms with E-state index in [2.05, 4.69) is 0 Å². The second kappa shape index (κ2) is 7.31. The average Bonchev–Trinajstić information content (AvgIpc) is 2.90. The van der Waals surface area contributed by atoms with Crippen LogP contribution in [0.4, 0.5) is 4.39 Å². The van der Waals surface area contributed by atoms with Crippen LogP contribution in [0, 0.1) is 5.82 Å². The number of carbonyl (C=O) groups is 1. The molecule has 1 aliphatic heterocycles. The molecule has 1 heterocycles. The Morgan fingerprint density at radius 1 is 1.37 bits per heavy atom. The molecule has 1 aromatic rings. The lowest BCUT2D eigenvalue weighted by molar-refractivity contribution is 0.0792. The van der Waals surface area contributed by atoms with Crippen molar-refractivity contribution in [2.75, 3.05) is 26.2 Å². The zero-order valence-electron chi connectivity index (χ0n) is 10.6. The van der Waals surface area contributed by atoms with Gasteiger partial charge in [0.25, 0.3) is 5.91 Å². The summed E-state index contributed by atoms with van der Waals surface area (Å²) in [5.41, 5.74) is 5.65. The maximum absolute atomic E-state index is 13.7. The van der Waals surface area contributed by atoms with Crippen molar-refractivity contribution in [3.05, 3.63) is 29.6 Å². The Hall–Kier alpha value is -1.33. The first-order valence-corrected chi connectivity index (χ1v) is 6.14. The fourth-order valence-corrected chi connectivity index (χ4v) is 2.02. The number of ether oxygens (including phenoxy) is 1. The monoisotopic (exact) mass is 288 g/mol. The van der Waals surface area contributed by atoms with Crippen molar-refractivity contribution in [2.45, 2.75) is 12.8 Å². The van der Waals surface area contributed by atoms with Crippen molar-refractivity contribution < 1.29 is 13.9 Å². The van der Waals surface area contributed by atoms with Gasteiger partial charge in [0.1, 0.15) is 6.61 Å². The zero-order valence-corrected chi connectivity index (χ0v) is 11.4. The summed E-state index contributed by atoms with van der Waals surface area (Å²) in [6.07, 6.45) is 2.04. The van der Waals surface area contributed by atoms with Gasteiger partial charge in [0.2, 0.25) is 0 Å². The molecule has 0 spiro atoms. The predicted octanol–water partition coefficient (Wildman–Crippen LogP) is 1.82. The van der Waals surface area contributed by atoms with Gasteiger partial charge in [0.15, 0.2) is 11.6 Å². The van der Waals surface area contributed by atoms with E-state index in [0.717, 1.165) is 25.9 Å². The van der Waals surface area contributed by atoms with Gasteiger partial charge in [-0.05, 0) is 31.0 Å². The number of benzene rings is 1. The van der Waals surface area contributed by atoms with Gasteiger partial charge in [0.05, 0.1) is 0 Å². The Balaban J connectivity index is 0.00000180. The lowest BCUT2D eigenvalue weighted by Crippen LogP contribution is -2.27. The molecular weight excluding hydrogens is 271 g/mol. The summed E-state index contributed by atoms with van der Waals surface area (Å²) in [6.45, 7) is 2.10. The van der Waals surface area contributed by atoms with Gasteiger partial charge in [-0.3, -0.25) is 4.79 Å². The molecule has 4 nitrogen and oxygen atoms in total. The molecule has 0 atom stereocenters. The number of hydrogen-bond donors (Lipinski definition) is 1. The van der Waals surface area contributed by atoms with E-state index in [9.17, 15) is 9.18 Å². The number of carbonyl (C=O) groups excluding carboxylic acids is 1. The molecule has 0 radical (unpaired) electrons. The number of halogens is 2. The van der Waals surface area contributed by atoms with Crippen LogP contribution in [0.15, 0.2) is 18.2 Å². The van der Waals surface area contributed by atoms with Crippen LogP contribution in [0.5, 0.6) is 5.75 Å². The molecule has 1 saturated heterocycles. The molecule has 2 N–H and O–H groups in total. The van der Waals surface area contributed by atoms with E-state index < -0.39 is 5.82 Å². The molecule has 1 aromatic carbocycles. The van der Waals surface area contributed by atoms with Crippen LogP contribution in [0.3, 0.4) is 0 Å². The van der Waals surface area contributed by atoms with Crippen LogP contribution in [-0.4, -0.2) is 37.0 Å². The van der Waals surface area contributed by atoms with Crippen molar-refractivity contribution >= 4 is 18.3 Å². The summed E-state index contributed by atoms with van der Waals surface area (Å²) in [5.74, 6) is -0.497. The number of amides is 1. The Labute approximate surface area is 118 Å². The standard InChI is InChI=1S/C13H17FN2O2.ClH/c14-11-9-10(3-4-12(11)18-8-5-15)13(17)16-6-1-2-7-16;/h3-4,9H,1-2,5-8,15H2;1H. The van der Waals surface area contributed by atoms with Gasteiger partial charge >= 0.3 is 0 Å². The van der Waals surface area contributed by atoms with Crippen molar-refractivity contribution in [1.29, 1.82) is 0 Å². The van der Waals surface area contributed by atoms with E-state index in [-0.39, 0.29) is 30.7 Å². The third-order valence-corrected chi connectivity index (χ3v) is 2.95. The van der Waals surface area contributed by atoms with Gasteiger partial charge in [-0.15, -0.1) is 12.4 Å². The molecule has 0 aromatic heterocycles. The number of nitrogens with two attached hydrogens (primary N) is 1. The van der Waals surface area contributed by atoms with E-state index in [1.54, 1.807) is 11.0 Å². The Kier molecular flexibility index (Phi) is 6.05. The summed E-state index contributed by atoms with van der Waals surface area (Å²) < 4.78 is 18.8. The molecular formula is C13H18ClFN2O2. The van der Waals surface area contributed by atoms with Gasteiger partial charge in [0, 0.05) is 25.2 Å². The molecule has 6 heteroatoms. The molecule has 106 valence electrons. The minimum Gasteiger partial charge on any atom is -0.489 e. The molecule has 0 unspecified atom stereocenters. The van der Waals surface area contributed by atoms with Gasteiger partial charge in [-0.25, -0.2) is 4.39 Å². The highest BCUT2D eigenvalue weighted by Gasteiger charge is 2.20. The van der Waals surface area contributed by atoms with E-state index in [1.807, 2.05) is 0 Å². The molecule has 0 aliphatic carbocycles. The minimum absolute atomic E-state index is 0. The lowest BCUT2D eigenvalue weighted by Gasteiger charge is -2.15. The number of nitrogens with zero attached hydrogens (tertiary/aromatic N) is 1. The molecule has 1 fully saturated rings. The molecule has 2 rings (SSSR count). The van der Waals surface area contributed by atoms with Crippen molar-refractivity contribution in [3.8, 4) is 5.75 Å². The molecule has 0 bridgehead atoms. The van der Waals surface area contributed by atoms with Crippen molar-refractivity contribution in [2.24, 2.45) is 5.73 Å². The smallest absolute Gasteiger partial charge is 0.253 e. The van der Waals surface area contributed by atoms with E-state index in [0.29, 0.717) is 12.1 Å².